The van der Waals surface area contributed by atoms with Crippen molar-refractivity contribution in [2.45, 2.75) is 0 Å². The minimum Gasteiger partial charge on any atom is -0.255 e. The summed E-state index contributed by atoms with van der Waals surface area (Å²) < 4.78 is 0.925. The Morgan fingerprint density at radius 1 is 1.12 bits per heavy atom. The zero-order valence-corrected chi connectivity index (χ0v) is 9.66. The summed E-state index contributed by atoms with van der Waals surface area (Å²) in [6.45, 7) is 0. The summed E-state index contributed by atoms with van der Waals surface area (Å²) in [6, 6.07) is 7.01. The van der Waals surface area contributed by atoms with E-state index in [0.717, 1.165) is 10.2 Å². The highest BCUT2D eigenvalue weighted by Crippen LogP contribution is 2.22. The van der Waals surface area contributed by atoms with Crippen molar-refractivity contribution in [3.8, 4) is 11.4 Å². The second kappa shape index (κ2) is 4.74. The lowest BCUT2D eigenvalue weighted by atomic mass is 10.2. The highest BCUT2D eigenvalue weighted by Gasteiger charge is 2.01. The average molecular weight is 276 g/mol. The molecule has 0 fully saturated rings. The molecule has 2 aromatic rings. The fourth-order valence-corrected chi connectivity index (χ4v) is 1.55. The molecular weight excluding hydrogens is 270 g/mol. The first-order valence-electron chi connectivity index (χ1n) is 4.42. The molecule has 0 saturated heterocycles. The number of aromatic nitrogens is 2. The molecule has 0 aliphatic carbocycles. The lowest BCUT2D eigenvalue weighted by molar-refractivity contribution is 1.23. The predicted molar refractivity (Wildman–Crippen MR) is 64.0 cm³/mol. The largest absolute Gasteiger partial charge is 0.255 e. The van der Waals surface area contributed by atoms with Crippen LogP contribution >= 0.6 is 15.9 Å². The monoisotopic (exact) mass is 275 g/mol. The van der Waals surface area contributed by atoms with E-state index in [4.69, 9.17) is 5.53 Å². The maximum absolute atomic E-state index is 8.34. The molecule has 0 bridgehead atoms. The fraction of sp³-hybridized carbons (Fsp3) is 0. The molecule has 0 atom stereocenters. The Balaban J connectivity index is 2.48. The fourth-order valence-electron chi connectivity index (χ4n) is 1.22. The van der Waals surface area contributed by atoms with E-state index in [2.05, 4.69) is 35.9 Å². The van der Waals surface area contributed by atoms with Gasteiger partial charge >= 0.3 is 0 Å². The van der Waals surface area contributed by atoms with Crippen molar-refractivity contribution in [2.24, 2.45) is 5.11 Å². The molecule has 78 valence electrons. The molecule has 0 aromatic carbocycles. The van der Waals surface area contributed by atoms with Gasteiger partial charge < -0.3 is 0 Å². The second-order valence-electron chi connectivity index (χ2n) is 2.95. The van der Waals surface area contributed by atoms with Gasteiger partial charge in [0, 0.05) is 27.5 Å². The van der Waals surface area contributed by atoms with Crippen molar-refractivity contribution < 1.29 is 0 Å². The van der Waals surface area contributed by atoms with Crippen LogP contribution in [0.2, 0.25) is 0 Å². The molecule has 0 aliphatic heterocycles. The van der Waals surface area contributed by atoms with Gasteiger partial charge in [-0.15, -0.1) is 0 Å². The zero-order chi connectivity index (χ0) is 11.4. The summed E-state index contributed by atoms with van der Waals surface area (Å²) >= 11 is 3.36. The number of hydrogen-bond acceptors (Lipinski definition) is 3. The van der Waals surface area contributed by atoms with Gasteiger partial charge in [0.05, 0.1) is 11.4 Å². The minimum absolute atomic E-state index is 0.522. The number of pyridine rings is 2. The van der Waals surface area contributed by atoms with Crippen molar-refractivity contribution >= 4 is 21.6 Å². The van der Waals surface area contributed by atoms with E-state index in [1.54, 1.807) is 24.5 Å². The number of halogens is 1. The normalized spacial score (nSPS) is 9.56. The molecule has 6 heteroatoms. The van der Waals surface area contributed by atoms with Gasteiger partial charge in [0.15, 0.2) is 0 Å². The molecule has 0 N–H and O–H groups in total. The second-order valence-corrected chi connectivity index (χ2v) is 3.86. The van der Waals surface area contributed by atoms with Gasteiger partial charge in [-0.3, -0.25) is 9.97 Å². The molecule has 0 saturated carbocycles. The molecule has 5 nitrogen and oxygen atoms in total. The maximum atomic E-state index is 8.34. The SMILES string of the molecule is [N-]=[N+]=Nc1ccnc(-c2cc(Br)ccn2)c1. The molecule has 0 aliphatic rings. The van der Waals surface area contributed by atoms with Crippen LogP contribution in [0.15, 0.2) is 46.2 Å². The van der Waals surface area contributed by atoms with Crippen LogP contribution in [-0.2, 0) is 0 Å². The van der Waals surface area contributed by atoms with E-state index in [0.29, 0.717) is 11.4 Å². The van der Waals surface area contributed by atoms with Gasteiger partial charge in [-0.05, 0) is 29.8 Å². The van der Waals surface area contributed by atoms with E-state index in [1.165, 1.54) is 0 Å². The van der Waals surface area contributed by atoms with E-state index in [-0.39, 0.29) is 0 Å². The standard InChI is InChI=1S/C10H6BrN5/c11-7-1-3-13-9(5-7)10-6-8(15-16-12)2-4-14-10/h1-6H. The molecule has 2 heterocycles. The Labute approximate surface area is 99.9 Å². The van der Waals surface area contributed by atoms with E-state index < -0.39 is 0 Å². The number of azide groups is 1. The molecule has 2 rings (SSSR count). The topological polar surface area (TPSA) is 74.5 Å². The van der Waals surface area contributed by atoms with Gasteiger partial charge in [0.2, 0.25) is 0 Å². The first-order chi connectivity index (χ1) is 7.79. The van der Waals surface area contributed by atoms with E-state index in [1.807, 2.05) is 12.1 Å². The molecule has 2 aromatic heterocycles. The lowest BCUT2D eigenvalue weighted by Gasteiger charge is -2.00. The van der Waals surface area contributed by atoms with E-state index in [9.17, 15) is 0 Å². The first-order valence-corrected chi connectivity index (χ1v) is 5.22. The van der Waals surface area contributed by atoms with Crippen LogP contribution in [0.3, 0.4) is 0 Å². The quantitative estimate of drug-likeness (QED) is 0.474. The summed E-state index contributed by atoms with van der Waals surface area (Å²) in [7, 11) is 0. The van der Waals surface area contributed by atoms with Crippen molar-refractivity contribution in [2.75, 3.05) is 0 Å². The Kier molecular flexibility index (Phi) is 3.14. The summed E-state index contributed by atoms with van der Waals surface area (Å²) in [4.78, 5) is 11.1. The number of hydrogen-bond donors (Lipinski definition) is 0. The molecule has 16 heavy (non-hydrogen) atoms. The smallest absolute Gasteiger partial charge is 0.0897 e. The first kappa shape index (κ1) is 10.6. The van der Waals surface area contributed by atoms with Gasteiger partial charge in [-0.2, -0.15) is 0 Å². The molecule has 0 radical (unpaired) electrons. The number of nitrogens with zero attached hydrogens (tertiary/aromatic N) is 5. The van der Waals surface area contributed by atoms with Crippen molar-refractivity contribution in [1.82, 2.24) is 9.97 Å². The Bertz CT molecular complexity index is 563. The van der Waals surface area contributed by atoms with Gasteiger partial charge in [-0.1, -0.05) is 21.0 Å². The van der Waals surface area contributed by atoms with Crippen LogP contribution in [-0.4, -0.2) is 9.97 Å². The minimum atomic E-state index is 0.522. The third kappa shape index (κ3) is 2.36. The van der Waals surface area contributed by atoms with Crippen LogP contribution in [0.1, 0.15) is 0 Å². The lowest BCUT2D eigenvalue weighted by Crippen LogP contribution is -1.85. The van der Waals surface area contributed by atoms with Crippen molar-refractivity contribution in [1.29, 1.82) is 0 Å². The Morgan fingerprint density at radius 2 is 1.81 bits per heavy atom. The third-order valence-corrected chi connectivity index (χ3v) is 2.38. The van der Waals surface area contributed by atoms with Gasteiger partial charge in [0.25, 0.3) is 0 Å². The molecule has 0 unspecified atom stereocenters. The predicted octanol–water partition coefficient (Wildman–Crippen LogP) is 3.85. The third-order valence-electron chi connectivity index (χ3n) is 1.89. The summed E-state index contributed by atoms with van der Waals surface area (Å²) in [5, 5.41) is 3.52. The Morgan fingerprint density at radius 3 is 2.50 bits per heavy atom. The van der Waals surface area contributed by atoms with Gasteiger partial charge in [-0.25, -0.2) is 0 Å². The van der Waals surface area contributed by atoms with Crippen molar-refractivity contribution in [3.63, 3.8) is 0 Å². The van der Waals surface area contributed by atoms with Crippen LogP contribution in [0.5, 0.6) is 0 Å². The van der Waals surface area contributed by atoms with Crippen LogP contribution in [0.4, 0.5) is 5.69 Å². The Hall–Kier alpha value is -1.91. The molecule has 0 spiro atoms. The van der Waals surface area contributed by atoms with Gasteiger partial charge in [0.1, 0.15) is 0 Å². The highest BCUT2D eigenvalue weighted by atomic mass is 79.9. The molecule has 0 amide bonds. The van der Waals surface area contributed by atoms with Crippen LogP contribution < -0.4 is 0 Å². The van der Waals surface area contributed by atoms with Crippen LogP contribution in [0.25, 0.3) is 21.8 Å². The van der Waals surface area contributed by atoms with E-state index >= 15 is 0 Å². The summed E-state index contributed by atoms with van der Waals surface area (Å²) in [6.07, 6.45) is 3.27. The number of rotatable bonds is 2. The summed E-state index contributed by atoms with van der Waals surface area (Å²) in [5.74, 6) is 0. The molecular formula is C10H6BrN5. The maximum Gasteiger partial charge on any atom is 0.0897 e. The van der Waals surface area contributed by atoms with Crippen molar-refractivity contribution in [3.05, 3.63) is 51.6 Å². The summed E-state index contributed by atoms with van der Waals surface area (Å²) in [5.41, 5.74) is 10.3. The average Bonchev–Trinajstić information content (AvgIpc) is 2.30. The zero-order valence-electron chi connectivity index (χ0n) is 8.08. The van der Waals surface area contributed by atoms with Crippen LogP contribution in [0, 0.1) is 0 Å². The highest BCUT2D eigenvalue weighted by molar-refractivity contribution is 9.10.